The molecule has 0 bridgehead atoms. The number of ether oxygens (including phenoxy) is 2. The maximum Gasteiger partial charge on any atom is 0.262 e. The molecule has 0 fully saturated rings. The molecule has 1 amide bonds. The number of hydrogen-bond acceptors (Lipinski definition) is 6. The molecule has 2 aromatic carbocycles. The monoisotopic (exact) mass is 534 g/mol. The molecule has 0 saturated carbocycles. The molecule has 0 atom stereocenters. The van der Waals surface area contributed by atoms with E-state index in [0.717, 1.165) is 53.8 Å². The minimum absolute atomic E-state index is 0.0996. The number of carbonyl (C=O) groups is 3. The van der Waals surface area contributed by atoms with E-state index in [-0.39, 0.29) is 24.1 Å². The van der Waals surface area contributed by atoms with Gasteiger partial charge in [-0.3, -0.25) is 14.4 Å². The van der Waals surface area contributed by atoms with Gasteiger partial charge in [-0.1, -0.05) is 29.8 Å². The first kappa shape index (κ1) is 26.0. The van der Waals surface area contributed by atoms with Crippen molar-refractivity contribution in [1.82, 2.24) is 4.90 Å². The highest BCUT2D eigenvalue weighted by atomic mass is 35.5. The molecule has 198 valence electrons. The van der Waals surface area contributed by atoms with Crippen molar-refractivity contribution in [3.63, 3.8) is 0 Å². The number of rotatable bonds is 7. The fourth-order valence-corrected chi connectivity index (χ4v) is 5.85. The number of nitrogens with one attached hydrogen (secondary N) is 1. The van der Waals surface area contributed by atoms with Gasteiger partial charge in [-0.2, -0.15) is 0 Å². The van der Waals surface area contributed by atoms with E-state index in [2.05, 4.69) is 10.2 Å². The third kappa shape index (κ3) is 4.95. The Morgan fingerprint density at radius 2 is 1.61 bits per heavy atom. The highest BCUT2D eigenvalue weighted by Gasteiger charge is 2.42. The van der Waals surface area contributed by atoms with Crippen molar-refractivity contribution in [2.45, 2.75) is 51.4 Å². The number of carbonyl (C=O) groups excluding carboxylic acids is 3. The van der Waals surface area contributed by atoms with Crippen LogP contribution >= 0.6 is 11.6 Å². The molecular formula is C30H31ClN2O5. The minimum Gasteiger partial charge on any atom is -0.490 e. The van der Waals surface area contributed by atoms with Gasteiger partial charge in [-0.25, -0.2) is 0 Å². The van der Waals surface area contributed by atoms with E-state index in [0.29, 0.717) is 41.7 Å². The third-order valence-electron chi connectivity index (χ3n) is 7.35. The van der Waals surface area contributed by atoms with Crippen LogP contribution in [0.1, 0.15) is 56.9 Å². The van der Waals surface area contributed by atoms with Gasteiger partial charge in [0.2, 0.25) is 0 Å². The number of ketones is 2. The lowest BCUT2D eigenvalue weighted by Crippen LogP contribution is -2.37. The fourth-order valence-electron chi connectivity index (χ4n) is 5.67. The number of anilines is 1. The van der Waals surface area contributed by atoms with E-state index in [1.54, 1.807) is 30.3 Å². The number of halogens is 1. The standard InChI is InChI=1S/C30H31ClN2O5/c1-3-37-26-16-18(14-15-25(26)38-17-27(36)32-20-9-5-4-8-19(20)31)28-29-21(10-6-12-23(29)34)33(2)22-11-7-13-24(35)30(22)28/h4-5,8-9,14-16,28H,3,6-7,10-13,17H2,1-2H3,(H,32,36). The van der Waals surface area contributed by atoms with Crippen LogP contribution in [0.4, 0.5) is 5.69 Å². The second-order valence-electron chi connectivity index (χ2n) is 9.72. The lowest BCUT2D eigenvalue weighted by atomic mass is 9.71. The van der Waals surface area contributed by atoms with E-state index >= 15 is 0 Å². The van der Waals surface area contributed by atoms with Crippen LogP contribution in [0.15, 0.2) is 65.0 Å². The van der Waals surface area contributed by atoms with Gasteiger partial charge in [0.1, 0.15) is 0 Å². The van der Waals surface area contributed by atoms with Gasteiger partial charge in [0.25, 0.3) is 5.91 Å². The molecule has 2 aromatic rings. The van der Waals surface area contributed by atoms with Gasteiger partial charge in [-0.05, 0) is 62.4 Å². The van der Waals surface area contributed by atoms with Crippen LogP contribution < -0.4 is 14.8 Å². The Kier molecular flexibility index (Phi) is 7.56. The molecular weight excluding hydrogens is 504 g/mol. The third-order valence-corrected chi connectivity index (χ3v) is 7.68. The summed E-state index contributed by atoms with van der Waals surface area (Å²) in [6.45, 7) is 2.02. The van der Waals surface area contributed by atoms with Crippen molar-refractivity contribution in [3.05, 3.63) is 75.6 Å². The van der Waals surface area contributed by atoms with Crippen LogP contribution in [-0.4, -0.2) is 42.6 Å². The molecule has 5 rings (SSSR count). The van der Waals surface area contributed by atoms with Crippen LogP contribution in [0.3, 0.4) is 0 Å². The smallest absolute Gasteiger partial charge is 0.262 e. The number of amides is 1. The summed E-state index contributed by atoms with van der Waals surface area (Å²) in [4.78, 5) is 41.1. The van der Waals surface area contributed by atoms with Crippen molar-refractivity contribution < 1.29 is 23.9 Å². The van der Waals surface area contributed by atoms with Gasteiger partial charge in [0.15, 0.2) is 29.7 Å². The number of hydrogen-bond donors (Lipinski definition) is 1. The Bertz CT molecular complexity index is 1320. The second-order valence-corrected chi connectivity index (χ2v) is 10.1. The average molecular weight is 535 g/mol. The van der Waals surface area contributed by atoms with Gasteiger partial charge in [-0.15, -0.1) is 0 Å². The molecule has 0 saturated heterocycles. The lowest BCUT2D eigenvalue weighted by Gasteiger charge is -2.42. The predicted molar refractivity (Wildman–Crippen MR) is 145 cm³/mol. The zero-order valence-electron chi connectivity index (χ0n) is 21.6. The molecule has 0 unspecified atom stereocenters. The summed E-state index contributed by atoms with van der Waals surface area (Å²) >= 11 is 6.14. The summed E-state index contributed by atoms with van der Waals surface area (Å²) < 4.78 is 11.7. The largest absolute Gasteiger partial charge is 0.490 e. The zero-order chi connectivity index (χ0) is 26.8. The highest BCUT2D eigenvalue weighted by molar-refractivity contribution is 6.33. The molecule has 1 aliphatic heterocycles. The Morgan fingerprint density at radius 3 is 2.24 bits per heavy atom. The Hall–Kier alpha value is -3.58. The highest BCUT2D eigenvalue weighted by Crippen LogP contribution is 2.49. The van der Waals surface area contributed by atoms with Crippen molar-refractivity contribution >= 4 is 34.8 Å². The summed E-state index contributed by atoms with van der Waals surface area (Å²) in [6, 6.07) is 12.5. The molecule has 0 radical (unpaired) electrons. The summed E-state index contributed by atoms with van der Waals surface area (Å²) in [5, 5.41) is 3.18. The number of benzene rings is 2. The van der Waals surface area contributed by atoms with Gasteiger partial charge >= 0.3 is 0 Å². The number of nitrogens with zero attached hydrogens (tertiary/aromatic N) is 1. The van der Waals surface area contributed by atoms with Crippen molar-refractivity contribution in [2.24, 2.45) is 0 Å². The van der Waals surface area contributed by atoms with Crippen LogP contribution in [0.2, 0.25) is 5.02 Å². The fraction of sp³-hybridized carbons (Fsp3) is 0.367. The summed E-state index contributed by atoms with van der Waals surface area (Å²) in [5.41, 5.74) is 4.82. The number of allylic oxidation sites excluding steroid dienone is 4. The first-order valence-electron chi connectivity index (χ1n) is 13.1. The van der Waals surface area contributed by atoms with E-state index < -0.39 is 5.92 Å². The molecule has 7 nitrogen and oxygen atoms in total. The average Bonchev–Trinajstić information content (AvgIpc) is 2.91. The lowest BCUT2D eigenvalue weighted by molar-refractivity contribution is -0.118. The number of para-hydroxylation sites is 1. The van der Waals surface area contributed by atoms with E-state index in [9.17, 15) is 14.4 Å². The van der Waals surface area contributed by atoms with Crippen molar-refractivity contribution in [1.29, 1.82) is 0 Å². The quantitative estimate of drug-likeness (QED) is 0.483. The van der Waals surface area contributed by atoms with Crippen molar-refractivity contribution in [2.75, 3.05) is 25.6 Å². The molecule has 2 aliphatic carbocycles. The Balaban J connectivity index is 1.46. The molecule has 1 heterocycles. The Morgan fingerprint density at radius 1 is 0.947 bits per heavy atom. The van der Waals surface area contributed by atoms with E-state index in [4.69, 9.17) is 21.1 Å². The van der Waals surface area contributed by atoms with Crippen LogP contribution in [-0.2, 0) is 14.4 Å². The molecule has 1 N–H and O–H groups in total. The van der Waals surface area contributed by atoms with E-state index in [1.807, 2.05) is 26.1 Å². The SMILES string of the molecule is CCOc1cc(C2C3=C(CCCC3=O)N(C)C3=C2C(=O)CCC3)ccc1OCC(=O)Nc1ccccc1Cl. The summed E-state index contributed by atoms with van der Waals surface area (Å²) in [6.07, 6.45) is 4.25. The number of Topliss-reactive ketones (excluding diaryl/α,β-unsaturated/α-hetero) is 2. The maximum atomic E-state index is 13.2. The molecule has 3 aliphatic rings. The van der Waals surface area contributed by atoms with Crippen LogP contribution in [0.5, 0.6) is 11.5 Å². The topological polar surface area (TPSA) is 84.9 Å². The zero-order valence-corrected chi connectivity index (χ0v) is 22.4. The first-order chi connectivity index (χ1) is 18.4. The Labute approximate surface area is 227 Å². The molecule has 0 aromatic heterocycles. The van der Waals surface area contributed by atoms with Crippen LogP contribution in [0, 0.1) is 0 Å². The van der Waals surface area contributed by atoms with Crippen LogP contribution in [0.25, 0.3) is 0 Å². The predicted octanol–water partition coefficient (Wildman–Crippen LogP) is 5.80. The molecule has 38 heavy (non-hydrogen) atoms. The minimum atomic E-state index is -0.423. The summed E-state index contributed by atoms with van der Waals surface area (Å²) in [5.74, 6) is 0.292. The summed E-state index contributed by atoms with van der Waals surface area (Å²) in [7, 11) is 1.98. The van der Waals surface area contributed by atoms with Gasteiger partial charge < -0.3 is 19.7 Å². The van der Waals surface area contributed by atoms with Gasteiger partial charge in [0, 0.05) is 48.3 Å². The van der Waals surface area contributed by atoms with Crippen molar-refractivity contribution in [3.8, 4) is 11.5 Å². The second kappa shape index (κ2) is 11.0. The van der Waals surface area contributed by atoms with Gasteiger partial charge in [0.05, 0.1) is 17.3 Å². The normalized spacial score (nSPS) is 17.8. The molecule has 0 spiro atoms. The first-order valence-corrected chi connectivity index (χ1v) is 13.5. The molecule has 8 heteroatoms. The van der Waals surface area contributed by atoms with E-state index in [1.165, 1.54) is 0 Å². The maximum absolute atomic E-state index is 13.2.